The van der Waals surface area contributed by atoms with Crippen LogP contribution in [0.5, 0.6) is 0 Å². The summed E-state index contributed by atoms with van der Waals surface area (Å²) in [5.41, 5.74) is 5.65. The van der Waals surface area contributed by atoms with Gasteiger partial charge in [0.2, 0.25) is 0 Å². The summed E-state index contributed by atoms with van der Waals surface area (Å²) in [6.07, 6.45) is 4.04. The van der Waals surface area contributed by atoms with Gasteiger partial charge in [0, 0.05) is 32.1 Å². The van der Waals surface area contributed by atoms with Gasteiger partial charge in [-0.25, -0.2) is 9.61 Å². The highest BCUT2D eigenvalue weighted by Crippen LogP contribution is 2.27. The molecule has 0 amide bonds. The Morgan fingerprint density at radius 3 is 2.74 bits per heavy atom. The average molecular weight is 315 g/mol. The van der Waals surface area contributed by atoms with E-state index in [0.29, 0.717) is 6.54 Å². The number of nitrogens with zero attached hydrogens (tertiary/aromatic N) is 5. The number of aromatic nitrogens is 4. The second-order valence-electron chi connectivity index (χ2n) is 5.80. The van der Waals surface area contributed by atoms with E-state index in [4.69, 9.17) is 9.37 Å². The molecule has 0 saturated heterocycles. The van der Waals surface area contributed by atoms with Gasteiger partial charge in [0.1, 0.15) is 17.0 Å². The number of pyridine rings is 1. The standard InChI is InChI=1S/C16H21N5O2/c1-10-7-21-8-13(6-14(12(3)22-5)16(21)17-10)20(4)9-15-11(2)18-23-19-15/h6-8,12H,9H2,1-5H3/t12-/m1/s1. The van der Waals surface area contributed by atoms with Gasteiger partial charge in [0.15, 0.2) is 0 Å². The zero-order chi connectivity index (χ0) is 16.6. The van der Waals surface area contributed by atoms with Crippen LogP contribution in [0.15, 0.2) is 23.1 Å². The number of aryl methyl sites for hydroxylation is 2. The summed E-state index contributed by atoms with van der Waals surface area (Å²) in [5.74, 6) is 0. The van der Waals surface area contributed by atoms with Crippen LogP contribution in [0.25, 0.3) is 5.65 Å². The zero-order valence-corrected chi connectivity index (χ0v) is 14.1. The van der Waals surface area contributed by atoms with Gasteiger partial charge < -0.3 is 14.0 Å². The molecule has 7 heteroatoms. The van der Waals surface area contributed by atoms with Crippen LogP contribution in [0.3, 0.4) is 0 Å². The third-order valence-electron chi connectivity index (χ3n) is 4.05. The van der Waals surface area contributed by atoms with E-state index in [0.717, 1.165) is 34.0 Å². The maximum atomic E-state index is 5.50. The quantitative estimate of drug-likeness (QED) is 0.721. The molecule has 122 valence electrons. The van der Waals surface area contributed by atoms with Gasteiger partial charge in [-0.3, -0.25) is 0 Å². The lowest BCUT2D eigenvalue weighted by atomic mass is 10.1. The average Bonchev–Trinajstić information content (AvgIpc) is 3.10. The van der Waals surface area contributed by atoms with E-state index in [-0.39, 0.29) is 6.10 Å². The van der Waals surface area contributed by atoms with Crippen molar-refractivity contribution in [3.8, 4) is 0 Å². The van der Waals surface area contributed by atoms with Crippen molar-refractivity contribution in [3.63, 3.8) is 0 Å². The fourth-order valence-corrected chi connectivity index (χ4v) is 2.58. The maximum absolute atomic E-state index is 5.50. The molecule has 0 N–H and O–H groups in total. The molecule has 3 aromatic heterocycles. The van der Waals surface area contributed by atoms with Crippen molar-refractivity contribution in [2.24, 2.45) is 0 Å². The first-order valence-electron chi connectivity index (χ1n) is 7.50. The molecule has 7 nitrogen and oxygen atoms in total. The Bertz CT molecular complexity index is 823. The van der Waals surface area contributed by atoms with Crippen molar-refractivity contribution in [3.05, 3.63) is 41.1 Å². The number of hydrogen-bond donors (Lipinski definition) is 0. The first kappa shape index (κ1) is 15.5. The van der Waals surface area contributed by atoms with E-state index in [1.165, 1.54) is 0 Å². The van der Waals surface area contributed by atoms with Crippen molar-refractivity contribution in [1.29, 1.82) is 0 Å². The van der Waals surface area contributed by atoms with E-state index < -0.39 is 0 Å². The van der Waals surface area contributed by atoms with Crippen LogP contribution in [-0.4, -0.2) is 33.9 Å². The number of imidazole rings is 1. The Kier molecular flexibility index (Phi) is 4.04. The number of methoxy groups -OCH3 is 1. The number of rotatable bonds is 5. The van der Waals surface area contributed by atoms with Crippen LogP contribution in [0, 0.1) is 13.8 Å². The second kappa shape index (κ2) is 6.00. The Balaban J connectivity index is 2.01. The van der Waals surface area contributed by atoms with E-state index in [1.54, 1.807) is 7.11 Å². The molecule has 0 spiro atoms. The van der Waals surface area contributed by atoms with Crippen LogP contribution in [0.4, 0.5) is 5.69 Å². The first-order valence-corrected chi connectivity index (χ1v) is 7.50. The highest BCUT2D eigenvalue weighted by Gasteiger charge is 2.16. The van der Waals surface area contributed by atoms with Crippen molar-refractivity contribution < 1.29 is 9.37 Å². The predicted molar refractivity (Wildman–Crippen MR) is 86.5 cm³/mol. The van der Waals surface area contributed by atoms with Gasteiger partial charge in [0.05, 0.1) is 24.0 Å². The zero-order valence-electron chi connectivity index (χ0n) is 14.1. The Labute approximate surface area is 134 Å². The molecule has 0 aliphatic rings. The molecule has 0 aliphatic heterocycles. The minimum Gasteiger partial charge on any atom is -0.377 e. The summed E-state index contributed by atoms with van der Waals surface area (Å²) in [6, 6.07) is 2.11. The van der Waals surface area contributed by atoms with E-state index in [2.05, 4.69) is 32.5 Å². The van der Waals surface area contributed by atoms with Crippen molar-refractivity contribution in [2.75, 3.05) is 19.1 Å². The van der Waals surface area contributed by atoms with Crippen LogP contribution in [0.1, 0.15) is 35.7 Å². The molecule has 0 unspecified atom stereocenters. The van der Waals surface area contributed by atoms with E-state index in [1.807, 2.05) is 38.4 Å². The van der Waals surface area contributed by atoms with Crippen molar-refractivity contribution >= 4 is 11.3 Å². The molecule has 0 fully saturated rings. The van der Waals surface area contributed by atoms with Gasteiger partial charge in [-0.05, 0) is 26.8 Å². The lowest BCUT2D eigenvalue weighted by molar-refractivity contribution is 0.120. The summed E-state index contributed by atoms with van der Waals surface area (Å²) >= 11 is 0. The summed E-state index contributed by atoms with van der Waals surface area (Å²) in [6.45, 7) is 6.52. The molecule has 0 bridgehead atoms. The molecule has 3 heterocycles. The van der Waals surface area contributed by atoms with E-state index >= 15 is 0 Å². The third kappa shape index (κ3) is 2.92. The van der Waals surface area contributed by atoms with Crippen molar-refractivity contribution in [2.45, 2.75) is 33.4 Å². The molecule has 0 radical (unpaired) electrons. The SMILES string of the molecule is CO[C@H](C)c1cc(N(C)Cc2nonc2C)cn2cc(C)nc12. The lowest BCUT2D eigenvalue weighted by Crippen LogP contribution is -2.18. The number of anilines is 1. The van der Waals surface area contributed by atoms with Crippen molar-refractivity contribution in [1.82, 2.24) is 19.7 Å². The molecule has 3 rings (SSSR count). The topological polar surface area (TPSA) is 68.7 Å². The fraction of sp³-hybridized carbons (Fsp3) is 0.438. The number of hydrogen-bond acceptors (Lipinski definition) is 6. The highest BCUT2D eigenvalue weighted by atomic mass is 16.6. The van der Waals surface area contributed by atoms with E-state index in [9.17, 15) is 0 Å². The van der Waals surface area contributed by atoms with Crippen LogP contribution in [0.2, 0.25) is 0 Å². The van der Waals surface area contributed by atoms with Crippen LogP contribution >= 0.6 is 0 Å². The molecule has 0 saturated carbocycles. The molecular weight excluding hydrogens is 294 g/mol. The monoisotopic (exact) mass is 315 g/mol. The van der Waals surface area contributed by atoms with Gasteiger partial charge in [-0.2, -0.15) is 0 Å². The van der Waals surface area contributed by atoms with Crippen LogP contribution in [-0.2, 0) is 11.3 Å². The second-order valence-corrected chi connectivity index (χ2v) is 5.80. The predicted octanol–water partition coefficient (Wildman–Crippen LogP) is 2.68. The third-order valence-corrected chi connectivity index (χ3v) is 4.05. The molecule has 23 heavy (non-hydrogen) atoms. The molecule has 1 atom stereocenters. The van der Waals surface area contributed by atoms with Crippen LogP contribution < -0.4 is 4.90 Å². The number of ether oxygens (including phenoxy) is 1. The van der Waals surface area contributed by atoms with Gasteiger partial charge >= 0.3 is 0 Å². The summed E-state index contributed by atoms with van der Waals surface area (Å²) in [7, 11) is 3.72. The maximum Gasteiger partial charge on any atom is 0.142 e. The lowest BCUT2D eigenvalue weighted by Gasteiger charge is -2.21. The Morgan fingerprint density at radius 1 is 1.30 bits per heavy atom. The normalized spacial score (nSPS) is 12.7. The molecular formula is C16H21N5O2. The molecule has 0 aliphatic carbocycles. The molecule has 3 aromatic rings. The Morgan fingerprint density at radius 2 is 2.09 bits per heavy atom. The van der Waals surface area contributed by atoms with Gasteiger partial charge in [-0.1, -0.05) is 10.3 Å². The van der Waals surface area contributed by atoms with Gasteiger partial charge in [-0.15, -0.1) is 0 Å². The first-order chi connectivity index (χ1) is 11.0. The van der Waals surface area contributed by atoms with Gasteiger partial charge in [0.25, 0.3) is 0 Å². The number of fused-ring (bicyclic) bond motifs is 1. The molecule has 0 aromatic carbocycles. The minimum atomic E-state index is -0.0388. The summed E-state index contributed by atoms with van der Waals surface area (Å²) in [4.78, 5) is 6.70. The fourth-order valence-electron chi connectivity index (χ4n) is 2.58. The summed E-state index contributed by atoms with van der Waals surface area (Å²) in [5, 5.41) is 7.78. The smallest absolute Gasteiger partial charge is 0.142 e. The minimum absolute atomic E-state index is 0.0388. The largest absolute Gasteiger partial charge is 0.377 e. The summed E-state index contributed by atoms with van der Waals surface area (Å²) < 4.78 is 12.3. The highest BCUT2D eigenvalue weighted by molar-refractivity contribution is 5.59. The Hall–Kier alpha value is -2.41.